The summed E-state index contributed by atoms with van der Waals surface area (Å²) in [6.45, 7) is 3.64. The summed E-state index contributed by atoms with van der Waals surface area (Å²) in [5.41, 5.74) is 5.50. The van der Waals surface area contributed by atoms with E-state index < -0.39 is 0 Å². The van der Waals surface area contributed by atoms with Crippen molar-refractivity contribution in [2.24, 2.45) is 0 Å². The van der Waals surface area contributed by atoms with Crippen LogP contribution in [-0.2, 0) is 17.9 Å². The molecule has 0 spiro atoms. The highest BCUT2D eigenvalue weighted by Gasteiger charge is 2.28. The van der Waals surface area contributed by atoms with Gasteiger partial charge in [-0.3, -0.25) is 24.4 Å². The molecule has 2 aromatic carbocycles. The first-order valence-electron chi connectivity index (χ1n) is 15.3. The van der Waals surface area contributed by atoms with Crippen LogP contribution < -0.4 is 24.8 Å². The number of hydrogen-bond donors (Lipinski definition) is 3. The Labute approximate surface area is 288 Å². The van der Waals surface area contributed by atoms with Gasteiger partial charge in [0.2, 0.25) is 17.7 Å². The summed E-state index contributed by atoms with van der Waals surface area (Å²) in [5.74, 6) is 0.958. The number of methoxy groups -OCH3 is 2. The van der Waals surface area contributed by atoms with Crippen molar-refractivity contribution in [1.29, 1.82) is 0 Å². The number of amides is 1. The second kappa shape index (κ2) is 15.1. The Kier molecular flexibility index (Phi) is 10.8. The predicted octanol–water partition coefficient (Wildman–Crippen LogP) is 5.01. The highest BCUT2D eigenvalue weighted by atomic mass is 35.5. The Bertz CT molecular complexity index is 1760. The van der Waals surface area contributed by atoms with Crippen LogP contribution in [0, 0.1) is 0 Å². The number of aromatic nitrogens is 4. The van der Waals surface area contributed by atoms with E-state index in [0.29, 0.717) is 82.1 Å². The van der Waals surface area contributed by atoms with E-state index in [1.807, 2.05) is 42.7 Å². The number of carbonyl (C=O) groups excluding carboxylic acids is 1. The van der Waals surface area contributed by atoms with Crippen molar-refractivity contribution in [2.45, 2.75) is 38.0 Å². The van der Waals surface area contributed by atoms with E-state index in [9.17, 15) is 4.79 Å². The third-order valence-electron chi connectivity index (χ3n) is 8.23. The van der Waals surface area contributed by atoms with Crippen molar-refractivity contribution in [2.75, 3.05) is 40.1 Å². The molecule has 47 heavy (non-hydrogen) atoms. The highest BCUT2D eigenvalue weighted by molar-refractivity contribution is 7.96. The van der Waals surface area contributed by atoms with Gasteiger partial charge >= 0.3 is 0 Å². The van der Waals surface area contributed by atoms with Gasteiger partial charge in [0.15, 0.2) is 0 Å². The summed E-state index contributed by atoms with van der Waals surface area (Å²) in [6, 6.07) is 12.1. The number of ether oxygens (including phenoxy) is 2. The molecule has 14 heteroatoms. The van der Waals surface area contributed by atoms with Crippen LogP contribution in [0.4, 0.5) is 0 Å². The minimum absolute atomic E-state index is 0.0873. The Morgan fingerprint density at radius 2 is 1.49 bits per heavy atom. The van der Waals surface area contributed by atoms with E-state index >= 15 is 0 Å². The van der Waals surface area contributed by atoms with Crippen LogP contribution >= 0.6 is 35.1 Å². The van der Waals surface area contributed by atoms with Crippen molar-refractivity contribution in [3.8, 4) is 45.4 Å². The molecule has 2 aliphatic heterocycles. The number of likely N-dealkylation sites (tertiary alicyclic amines) is 1. The third kappa shape index (κ3) is 7.48. The first-order chi connectivity index (χ1) is 22.9. The van der Waals surface area contributed by atoms with Crippen LogP contribution in [0.15, 0.2) is 48.8 Å². The topological polar surface area (TPSA) is 126 Å². The first-order valence-corrected chi connectivity index (χ1v) is 17.3. The van der Waals surface area contributed by atoms with Crippen molar-refractivity contribution in [3.05, 3.63) is 70.2 Å². The summed E-state index contributed by atoms with van der Waals surface area (Å²) in [6.07, 6.45) is 6.84. The van der Waals surface area contributed by atoms with Crippen LogP contribution in [0.1, 0.15) is 24.2 Å². The number of rotatable bonds is 13. The van der Waals surface area contributed by atoms with Crippen LogP contribution in [0.3, 0.4) is 0 Å². The molecule has 4 heterocycles. The molecule has 2 saturated heterocycles. The molecule has 2 aromatic heterocycles. The lowest BCUT2D eigenvalue weighted by atomic mass is 9.98. The highest BCUT2D eigenvalue weighted by Crippen LogP contribution is 2.42. The number of nitrogens with zero attached hydrogens (tertiary/aromatic N) is 5. The van der Waals surface area contributed by atoms with E-state index in [0.717, 1.165) is 36.3 Å². The summed E-state index contributed by atoms with van der Waals surface area (Å²) in [4.78, 5) is 32.6. The fourth-order valence-electron chi connectivity index (χ4n) is 5.83. The molecule has 2 fully saturated rings. The second-order valence-electron chi connectivity index (χ2n) is 11.4. The zero-order valence-electron chi connectivity index (χ0n) is 26.3. The van der Waals surface area contributed by atoms with Gasteiger partial charge in [-0.2, -0.15) is 0 Å². The van der Waals surface area contributed by atoms with Crippen molar-refractivity contribution in [3.63, 3.8) is 0 Å². The van der Waals surface area contributed by atoms with Gasteiger partial charge in [-0.15, -0.1) is 0 Å². The lowest BCUT2D eigenvalue weighted by Crippen LogP contribution is -2.55. The van der Waals surface area contributed by atoms with Crippen LogP contribution in [0.5, 0.6) is 11.8 Å². The number of hydrogen-bond acceptors (Lipinski definition) is 11. The van der Waals surface area contributed by atoms with E-state index in [-0.39, 0.29) is 11.9 Å². The van der Waals surface area contributed by atoms with Gasteiger partial charge in [0, 0.05) is 73.5 Å². The molecule has 2 aliphatic rings. The zero-order valence-corrected chi connectivity index (χ0v) is 28.7. The standard InChI is InChI=1S/C33H36Cl2N8O3S/c1-45-32-27(13-36-12-19-10-11-29(44)39-19)37-14-25(40-32)23-8-4-6-21(30(23)34)22-7-5-9-24(31(22)35)26-15-38-28(33(41-26)46-2)18-43-16-20(17-43)42-47-3/h4-9,14-15,19-20,36,42H,10-13,16-18H2,1-3H3,(H,39,44)/t19-/m0/s1. The zero-order chi connectivity index (χ0) is 32.9. The molecule has 3 N–H and O–H groups in total. The van der Waals surface area contributed by atoms with E-state index in [2.05, 4.69) is 25.2 Å². The average Bonchev–Trinajstić information content (AvgIpc) is 3.49. The lowest BCUT2D eigenvalue weighted by Gasteiger charge is -2.38. The van der Waals surface area contributed by atoms with E-state index in [4.69, 9.17) is 47.6 Å². The maximum atomic E-state index is 11.5. The number of halogens is 2. The van der Waals surface area contributed by atoms with Gasteiger partial charge in [0.1, 0.15) is 11.4 Å². The molecule has 4 aromatic rings. The largest absolute Gasteiger partial charge is 0.480 e. The number of carbonyl (C=O) groups is 1. The van der Waals surface area contributed by atoms with Crippen molar-refractivity contribution < 1.29 is 14.3 Å². The molecular weight excluding hydrogens is 659 g/mol. The van der Waals surface area contributed by atoms with Crippen LogP contribution in [-0.4, -0.2) is 82.9 Å². The van der Waals surface area contributed by atoms with Gasteiger partial charge in [0.25, 0.3) is 0 Å². The third-order valence-corrected chi connectivity index (χ3v) is 9.62. The molecule has 6 rings (SSSR count). The van der Waals surface area contributed by atoms with Crippen LogP contribution in [0.25, 0.3) is 33.6 Å². The fraction of sp³-hybridized carbons (Fsp3) is 0.364. The van der Waals surface area contributed by atoms with E-state index in [1.165, 1.54) is 0 Å². The molecule has 0 saturated carbocycles. The Morgan fingerprint density at radius 3 is 2.04 bits per heavy atom. The maximum Gasteiger partial charge on any atom is 0.237 e. The fourth-order valence-corrected chi connectivity index (χ4v) is 6.96. The normalized spacial score (nSPS) is 16.6. The number of nitrogens with one attached hydrogen (secondary N) is 3. The van der Waals surface area contributed by atoms with Crippen molar-refractivity contribution in [1.82, 2.24) is 40.2 Å². The van der Waals surface area contributed by atoms with Gasteiger partial charge in [-0.1, -0.05) is 71.5 Å². The molecule has 1 amide bonds. The molecule has 0 radical (unpaired) electrons. The van der Waals surface area contributed by atoms with Crippen LogP contribution in [0.2, 0.25) is 10.0 Å². The Balaban J connectivity index is 1.22. The molecule has 0 aliphatic carbocycles. The second-order valence-corrected chi connectivity index (χ2v) is 12.8. The minimum atomic E-state index is 0.0873. The SMILES string of the molecule is COc1nc(-c2cccc(-c3cccc(-c4cnc(CN5CC(NSC)C5)c(OC)n4)c3Cl)c2Cl)cnc1CNC[C@@H]1CCC(=O)N1. The van der Waals surface area contributed by atoms with Crippen molar-refractivity contribution >= 4 is 41.1 Å². The first kappa shape index (κ1) is 33.4. The molecule has 11 nitrogen and oxygen atoms in total. The quantitative estimate of drug-likeness (QED) is 0.164. The van der Waals surface area contributed by atoms with Gasteiger partial charge in [-0.25, -0.2) is 9.97 Å². The maximum absolute atomic E-state index is 11.5. The summed E-state index contributed by atoms with van der Waals surface area (Å²) in [5, 5.41) is 7.26. The van der Waals surface area contributed by atoms with Gasteiger partial charge in [0.05, 0.1) is 48.0 Å². The van der Waals surface area contributed by atoms with E-state index in [1.54, 1.807) is 38.6 Å². The molecule has 0 unspecified atom stereocenters. The summed E-state index contributed by atoms with van der Waals surface area (Å²) < 4.78 is 14.6. The molecule has 246 valence electrons. The molecule has 1 atom stereocenters. The smallest absolute Gasteiger partial charge is 0.237 e. The summed E-state index contributed by atoms with van der Waals surface area (Å²) >= 11 is 15.7. The average molecular weight is 696 g/mol. The van der Waals surface area contributed by atoms with Gasteiger partial charge < -0.3 is 20.1 Å². The number of benzene rings is 2. The molecular formula is C33H36Cl2N8O3S. The molecule has 0 bridgehead atoms. The monoisotopic (exact) mass is 694 g/mol. The Hall–Kier alpha value is -3.52. The predicted molar refractivity (Wildman–Crippen MR) is 186 cm³/mol. The Morgan fingerprint density at radius 1 is 0.915 bits per heavy atom. The van der Waals surface area contributed by atoms with Gasteiger partial charge in [-0.05, 0) is 12.7 Å². The lowest BCUT2D eigenvalue weighted by molar-refractivity contribution is -0.119. The minimum Gasteiger partial charge on any atom is -0.480 e. The summed E-state index contributed by atoms with van der Waals surface area (Å²) in [7, 11) is 3.17.